The SMILES string of the molecule is CC(C)NC1(CN)CCN(CCc2ccccc2)CC1. The second-order valence-electron chi connectivity index (χ2n) is 6.36. The van der Waals surface area contributed by atoms with Gasteiger partial charge in [-0.05, 0) is 37.9 Å². The van der Waals surface area contributed by atoms with Gasteiger partial charge in [-0.3, -0.25) is 0 Å². The van der Waals surface area contributed by atoms with Crippen molar-refractivity contribution < 1.29 is 0 Å². The zero-order valence-electron chi connectivity index (χ0n) is 12.9. The predicted molar refractivity (Wildman–Crippen MR) is 85.9 cm³/mol. The van der Waals surface area contributed by atoms with Gasteiger partial charge >= 0.3 is 0 Å². The molecule has 0 radical (unpaired) electrons. The normalized spacial score (nSPS) is 19.4. The Kier molecular flexibility index (Phi) is 5.58. The number of nitrogens with two attached hydrogens (primary N) is 1. The first-order valence-corrected chi connectivity index (χ1v) is 7.88. The van der Waals surface area contributed by atoms with Gasteiger partial charge in [-0.15, -0.1) is 0 Å². The molecule has 0 bridgehead atoms. The molecule has 0 unspecified atom stereocenters. The number of piperidine rings is 1. The van der Waals surface area contributed by atoms with Gasteiger partial charge in [-0.1, -0.05) is 44.2 Å². The van der Waals surface area contributed by atoms with Crippen molar-refractivity contribution in [3.8, 4) is 0 Å². The fourth-order valence-corrected chi connectivity index (χ4v) is 3.16. The van der Waals surface area contributed by atoms with Crippen molar-refractivity contribution >= 4 is 0 Å². The van der Waals surface area contributed by atoms with E-state index in [1.54, 1.807) is 0 Å². The van der Waals surface area contributed by atoms with E-state index < -0.39 is 0 Å². The molecule has 0 aliphatic carbocycles. The molecule has 3 N–H and O–H groups in total. The average molecular weight is 275 g/mol. The lowest BCUT2D eigenvalue weighted by Gasteiger charge is -2.43. The van der Waals surface area contributed by atoms with Gasteiger partial charge in [0.15, 0.2) is 0 Å². The number of benzene rings is 1. The summed E-state index contributed by atoms with van der Waals surface area (Å²) in [4.78, 5) is 2.57. The van der Waals surface area contributed by atoms with Gasteiger partial charge in [0.25, 0.3) is 0 Å². The highest BCUT2D eigenvalue weighted by Crippen LogP contribution is 2.22. The standard InChI is InChI=1S/C17H29N3/c1-15(2)19-17(14-18)9-12-20(13-10-17)11-8-16-6-4-3-5-7-16/h3-7,15,19H,8-14,18H2,1-2H3. The molecule has 1 aromatic carbocycles. The molecule has 1 aliphatic heterocycles. The Morgan fingerprint density at radius 3 is 2.40 bits per heavy atom. The molecule has 1 fully saturated rings. The molecule has 3 nitrogen and oxygen atoms in total. The molecule has 0 spiro atoms. The molecule has 2 rings (SSSR count). The van der Waals surface area contributed by atoms with E-state index in [-0.39, 0.29) is 5.54 Å². The molecule has 0 atom stereocenters. The van der Waals surface area contributed by atoms with E-state index in [2.05, 4.69) is 54.4 Å². The number of rotatable bonds is 6. The van der Waals surface area contributed by atoms with Gasteiger partial charge in [0.1, 0.15) is 0 Å². The molecule has 0 aromatic heterocycles. The van der Waals surface area contributed by atoms with Crippen molar-refractivity contribution in [2.75, 3.05) is 26.2 Å². The van der Waals surface area contributed by atoms with Crippen LogP contribution in [-0.4, -0.2) is 42.7 Å². The predicted octanol–water partition coefficient (Wildman–Crippen LogP) is 2.02. The highest BCUT2D eigenvalue weighted by molar-refractivity contribution is 5.15. The maximum atomic E-state index is 6.02. The van der Waals surface area contributed by atoms with Crippen LogP contribution in [0.5, 0.6) is 0 Å². The first kappa shape index (κ1) is 15.5. The van der Waals surface area contributed by atoms with Crippen LogP contribution in [-0.2, 0) is 6.42 Å². The minimum atomic E-state index is 0.164. The van der Waals surface area contributed by atoms with Crippen LogP contribution in [0.1, 0.15) is 32.3 Å². The lowest BCUT2D eigenvalue weighted by Crippen LogP contribution is -2.59. The largest absolute Gasteiger partial charge is 0.329 e. The summed E-state index contributed by atoms with van der Waals surface area (Å²) in [5.41, 5.74) is 7.61. The van der Waals surface area contributed by atoms with Crippen LogP contribution >= 0.6 is 0 Å². The third-order valence-corrected chi connectivity index (χ3v) is 4.36. The topological polar surface area (TPSA) is 41.3 Å². The number of hydrogen-bond donors (Lipinski definition) is 2. The van der Waals surface area contributed by atoms with Crippen molar-refractivity contribution in [3.05, 3.63) is 35.9 Å². The monoisotopic (exact) mass is 275 g/mol. The van der Waals surface area contributed by atoms with Gasteiger partial charge in [0.2, 0.25) is 0 Å². The van der Waals surface area contributed by atoms with Crippen LogP contribution in [0.2, 0.25) is 0 Å². The minimum Gasteiger partial charge on any atom is -0.329 e. The molecule has 0 amide bonds. The third kappa shape index (κ3) is 4.30. The summed E-state index contributed by atoms with van der Waals surface area (Å²) >= 11 is 0. The molecule has 1 saturated heterocycles. The van der Waals surface area contributed by atoms with Crippen molar-refractivity contribution in [1.29, 1.82) is 0 Å². The molecule has 112 valence electrons. The summed E-state index contributed by atoms with van der Waals surface area (Å²) in [5, 5.41) is 3.69. The Labute approximate surface area is 123 Å². The lowest BCUT2D eigenvalue weighted by atomic mass is 9.86. The van der Waals surface area contributed by atoms with E-state index in [4.69, 9.17) is 5.73 Å². The molecule has 0 saturated carbocycles. The summed E-state index contributed by atoms with van der Waals surface area (Å²) in [7, 11) is 0. The maximum Gasteiger partial charge on any atom is 0.0330 e. The van der Waals surface area contributed by atoms with Crippen LogP contribution in [0.25, 0.3) is 0 Å². The molecule has 1 aliphatic rings. The van der Waals surface area contributed by atoms with E-state index in [1.165, 1.54) is 5.56 Å². The van der Waals surface area contributed by atoms with E-state index >= 15 is 0 Å². The zero-order chi connectivity index (χ0) is 14.4. The second-order valence-corrected chi connectivity index (χ2v) is 6.36. The van der Waals surface area contributed by atoms with Crippen LogP contribution in [0.15, 0.2) is 30.3 Å². The molecular weight excluding hydrogens is 246 g/mol. The smallest absolute Gasteiger partial charge is 0.0330 e. The van der Waals surface area contributed by atoms with Crippen molar-refractivity contribution in [2.24, 2.45) is 5.73 Å². The fourth-order valence-electron chi connectivity index (χ4n) is 3.16. The maximum absolute atomic E-state index is 6.02. The fraction of sp³-hybridized carbons (Fsp3) is 0.647. The first-order valence-electron chi connectivity index (χ1n) is 7.88. The Balaban J connectivity index is 1.79. The quantitative estimate of drug-likeness (QED) is 0.834. The zero-order valence-corrected chi connectivity index (χ0v) is 12.9. The van der Waals surface area contributed by atoms with Gasteiger partial charge in [-0.25, -0.2) is 0 Å². The van der Waals surface area contributed by atoms with Crippen LogP contribution in [0.4, 0.5) is 0 Å². The number of nitrogens with one attached hydrogen (secondary N) is 1. The van der Waals surface area contributed by atoms with Gasteiger partial charge < -0.3 is 16.0 Å². The summed E-state index contributed by atoms with van der Waals surface area (Å²) < 4.78 is 0. The van der Waals surface area contributed by atoms with Crippen LogP contribution in [0, 0.1) is 0 Å². The third-order valence-electron chi connectivity index (χ3n) is 4.36. The minimum absolute atomic E-state index is 0.164. The van der Waals surface area contributed by atoms with Gasteiger partial charge in [0, 0.05) is 24.7 Å². The molecular formula is C17H29N3. The summed E-state index contributed by atoms with van der Waals surface area (Å²) in [6.07, 6.45) is 3.47. The second kappa shape index (κ2) is 7.21. The molecule has 20 heavy (non-hydrogen) atoms. The Bertz CT molecular complexity index is 380. The molecule has 1 aromatic rings. The number of likely N-dealkylation sites (tertiary alicyclic amines) is 1. The lowest BCUT2D eigenvalue weighted by molar-refractivity contribution is 0.133. The summed E-state index contributed by atoms with van der Waals surface area (Å²) in [5.74, 6) is 0. The van der Waals surface area contributed by atoms with Crippen LogP contribution in [0.3, 0.4) is 0 Å². The van der Waals surface area contributed by atoms with Crippen molar-refractivity contribution in [1.82, 2.24) is 10.2 Å². The van der Waals surface area contributed by atoms with E-state index in [0.717, 1.165) is 45.4 Å². The number of nitrogens with zero attached hydrogens (tertiary/aromatic N) is 1. The Morgan fingerprint density at radius 1 is 1.20 bits per heavy atom. The molecule has 3 heteroatoms. The highest BCUT2D eigenvalue weighted by Gasteiger charge is 2.33. The Hall–Kier alpha value is -0.900. The average Bonchev–Trinajstić information content (AvgIpc) is 2.47. The summed E-state index contributed by atoms with van der Waals surface area (Å²) in [6, 6.07) is 11.3. The first-order chi connectivity index (χ1) is 9.63. The van der Waals surface area contributed by atoms with E-state index in [1.807, 2.05) is 0 Å². The van der Waals surface area contributed by atoms with Crippen molar-refractivity contribution in [3.63, 3.8) is 0 Å². The molecule has 1 heterocycles. The van der Waals surface area contributed by atoms with Gasteiger partial charge in [0.05, 0.1) is 0 Å². The van der Waals surface area contributed by atoms with Crippen molar-refractivity contribution in [2.45, 2.75) is 44.7 Å². The highest BCUT2D eigenvalue weighted by atomic mass is 15.2. The van der Waals surface area contributed by atoms with E-state index in [9.17, 15) is 0 Å². The number of hydrogen-bond acceptors (Lipinski definition) is 3. The van der Waals surface area contributed by atoms with Gasteiger partial charge in [-0.2, -0.15) is 0 Å². The summed E-state index contributed by atoms with van der Waals surface area (Å²) in [6.45, 7) is 8.63. The van der Waals surface area contributed by atoms with E-state index in [0.29, 0.717) is 6.04 Å². The Morgan fingerprint density at radius 2 is 1.85 bits per heavy atom. The van der Waals surface area contributed by atoms with Crippen LogP contribution < -0.4 is 11.1 Å².